The van der Waals surface area contributed by atoms with E-state index in [0.29, 0.717) is 31.1 Å². The van der Waals surface area contributed by atoms with Crippen LogP contribution in [-0.2, 0) is 14.8 Å². The SMILES string of the molecule is CCOc1ccc(NS(=O)(=O)c2ccc(OCC(=O)N(CC)CC)c(Cl)c2)cc1. The van der Waals surface area contributed by atoms with Gasteiger partial charge in [0.15, 0.2) is 6.61 Å². The van der Waals surface area contributed by atoms with Gasteiger partial charge in [0.25, 0.3) is 15.9 Å². The standard InChI is InChI=1S/C20H25ClN2O5S/c1-4-23(5-2)20(24)14-28-19-12-11-17(13-18(19)21)29(25,26)22-15-7-9-16(10-8-15)27-6-3/h7-13,22H,4-6,14H2,1-3H3. The Morgan fingerprint density at radius 2 is 1.69 bits per heavy atom. The number of sulfonamides is 1. The predicted octanol–water partition coefficient (Wildman–Crippen LogP) is 3.79. The summed E-state index contributed by atoms with van der Waals surface area (Å²) in [4.78, 5) is 13.6. The lowest BCUT2D eigenvalue weighted by molar-refractivity contribution is -0.132. The minimum atomic E-state index is -3.84. The predicted molar refractivity (Wildman–Crippen MR) is 113 cm³/mol. The van der Waals surface area contributed by atoms with E-state index in [2.05, 4.69) is 4.72 Å². The zero-order chi connectivity index (χ0) is 21.4. The molecule has 0 atom stereocenters. The van der Waals surface area contributed by atoms with Gasteiger partial charge in [-0.1, -0.05) is 11.6 Å². The molecule has 1 amide bonds. The molecular formula is C20H25ClN2O5S. The Labute approximate surface area is 176 Å². The molecule has 0 bridgehead atoms. The Kier molecular flexibility index (Phi) is 8.16. The summed E-state index contributed by atoms with van der Waals surface area (Å²) >= 11 is 6.17. The third kappa shape index (κ3) is 6.27. The van der Waals surface area contributed by atoms with Crippen molar-refractivity contribution in [2.24, 2.45) is 0 Å². The molecule has 2 aromatic carbocycles. The minimum Gasteiger partial charge on any atom is -0.494 e. The second-order valence-electron chi connectivity index (χ2n) is 6.01. The molecule has 9 heteroatoms. The maximum atomic E-state index is 12.6. The van der Waals surface area contributed by atoms with Gasteiger partial charge in [-0.25, -0.2) is 8.42 Å². The average Bonchev–Trinajstić information content (AvgIpc) is 2.69. The van der Waals surface area contributed by atoms with E-state index in [1.807, 2.05) is 20.8 Å². The molecular weight excluding hydrogens is 416 g/mol. The van der Waals surface area contributed by atoms with Crippen LogP contribution in [0.25, 0.3) is 0 Å². The molecule has 0 fully saturated rings. The van der Waals surface area contributed by atoms with Crippen molar-refractivity contribution in [3.8, 4) is 11.5 Å². The van der Waals surface area contributed by atoms with Crippen molar-refractivity contribution < 1.29 is 22.7 Å². The normalized spacial score (nSPS) is 11.0. The number of hydrogen-bond donors (Lipinski definition) is 1. The van der Waals surface area contributed by atoms with E-state index in [4.69, 9.17) is 21.1 Å². The van der Waals surface area contributed by atoms with Gasteiger partial charge in [-0.15, -0.1) is 0 Å². The topological polar surface area (TPSA) is 84.9 Å². The quantitative estimate of drug-likeness (QED) is 0.607. The Morgan fingerprint density at radius 1 is 1.03 bits per heavy atom. The van der Waals surface area contributed by atoms with E-state index in [1.54, 1.807) is 29.2 Å². The second-order valence-corrected chi connectivity index (χ2v) is 8.10. The monoisotopic (exact) mass is 440 g/mol. The van der Waals surface area contributed by atoms with Crippen LogP contribution in [0.4, 0.5) is 5.69 Å². The molecule has 0 saturated carbocycles. The van der Waals surface area contributed by atoms with Gasteiger partial charge in [-0.05, 0) is 63.2 Å². The van der Waals surface area contributed by atoms with Crippen LogP contribution < -0.4 is 14.2 Å². The van der Waals surface area contributed by atoms with Crippen molar-refractivity contribution in [1.82, 2.24) is 4.90 Å². The lowest BCUT2D eigenvalue weighted by atomic mass is 10.3. The molecule has 0 unspecified atom stereocenters. The number of rotatable bonds is 10. The fourth-order valence-corrected chi connectivity index (χ4v) is 3.96. The van der Waals surface area contributed by atoms with Crippen molar-refractivity contribution in [3.63, 3.8) is 0 Å². The number of ether oxygens (including phenoxy) is 2. The van der Waals surface area contributed by atoms with E-state index in [0.717, 1.165) is 0 Å². The van der Waals surface area contributed by atoms with Crippen LogP contribution in [0.5, 0.6) is 11.5 Å². The number of anilines is 1. The van der Waals surface area contributed by atoms with Gasteiger partial charge in [-0.2, -0.15) is 0 Å². The van der Waals surface area contributed by atoms with Crippen LogP contribution in [0.15, 0.2) is 47.4 Å². The second kappa shape index (κ2) is 10.4. The summed E-state index contributed by atoms with van der Waals surface area (Å²) in [6.07, 6.45) is 0. The Bertz CT molecular complexity index is 928. The molecule has 0 spiro atoms. The number of carbonyl (C=O) groups excluding carboxylic acids is 1. The first-order valence-corrected chi connectivity index (χ1v) is 11.1. The van der Waals surface area contributed by atoms with Crippen LogP contribution >= 0.6 is 11.6 Å². The molecule has 0 heterocycles. The number of amides is 1. The van der Waals surface area contributed by atoms with Gasteiger partial charge in [0.05, 0.1) is 16.5 Å². The third-order valence-corrected chi connectivity index (χ3v) is 5.77. The number of halogens is 1. The molecule has 1 N–H and O–H groups in total. The number of benzene rings is 2. The number of hydrogen-bond acceptors (Lipinski definition) is 5. The van der Waals surface area contributed by atoms with Gasteiger partial charge in [-0.3, -0.25) is 9.52 Å². The molecule has 2 rings (SSSR count). The highest BCUT2D eigenvalue weighted by molar-refractivity contribution is 7.92. The molecule has 0 aliphatic heterocycles. The molecule has 158 valence electrons. The molecule has 7 nitrogen and oxygen atoms in total. The van der Waals surface area contributed by atoms with Crippen molar-refractivity contribution in [2.45, 2.75) is 25.7 Å². The first-order valence-electron chi connectivity index (χ1n) is 9.26. The van der Waals surface area contributed by atoms with Gasteiger partial charge in [0, 0.05) is 18.8 Å². The summed E-state index contributed by atoms with van der Waals surface area (Å²) in [7, 11) is -3.84. The molecule has 0 aliphatic rings. The van der Waals surface area contributed by atoms with Crippen molar-refractivity contribution in [3.05, 3.63) is 47.5 Å². The van der Waals surface area contributed by atoms with Gasteiger partial charge in [0.2, 0.25) is 0 Å². The van der Waals surface area contributed by atoms with Gasteiger partial charge < -0.3 is 14.4 Å². The zero-order valence-corrected chi connectivity index (χ0v) is 18.2. The van der Waals surface area contributed by atoms with E-state index in [-0.39, 0.29) is 28.2 Å². The summed E-state index contributed by atoms with van der Waals surface area (Å²) in [5.74, 6) is 0.728. The number of carbonyl (C=O) groups is 1. The average molecular weight is 441 g/mol. The Balaban J connectivity index is 2.08. The van der Waals surface area contributed by atoms with E-state index < -0.39 is 10.0 Å². The summed E-state index contributed by atoms with van der Waals surface area (Å²) in [5.41, 5.74) is 0.398. The van der Waals surface area contributed by atoms with Crippen molar-refractivity contribution >= 4 is 33.2 Å². The molecule has 0 aliphatic carbocycles. The van der Waals surface area contributed by atoms with Crippen LogP contribution in [-0.4, -0.2) is 45.5 Å². The molecule has 0 saturated heterocycles. The lowest BCUT2D eigenvalue weighted by Gasteiger charge is -2.19. The highest BCUT2D eigenvalue weighted by Crippen LogP contribution is 2.28. The first-order chi connectivity index (χ1) is 13.8. The Morgan fingerprint density at radius 3 is 2.24 bits per heavy atom. The van der Waals surface area contributed by atoms with Crippen LogP contribution in [0.2, 0.25) is 5.02 Å². The van der Waals surface area contributed by atoms with Crippen molar-refractivity contribution in [2.75, 3.05) is 31.0 Å². The van der Waals surface area contributed by atoms with Gasteiger partial charge >= 0.3 is 0 Å². The number of nitrogens with zero attached hydrogens (tertiary/aromatic N) is 1. The fraction of sp³-hybridized carbons (Fsp3) is 0.350. The zero-order valence-electron chi connectivity index (χ0n) is 16.6. The van der Waals surface area contributed by atoms with Crippen LogP contribution in [0.1, 0.15) is 20.8 Å². The molecule has 0 radical (unpaired) electrons. The minimum absolute atomic E-state index is 0.0150. The maximum Gasteiger partial charge on any atom is 0.261 e. The summed E-state index contributed by atoms with van der Waals surface area (Å²) in [6, 6.07) is 10.7. The smallest absolute Gasteiger partial charge is 0.261 e. The van der Waals surface area contributed by atoms with Gasteiger partial charge in [0.1, 0.15) is 11.5 Å². The van der Waals surface area contributed by atoms with E-state index >= 15 is 0 Å². The fourth-order valence-electron chi connectivity index (χ4n) is 2.57. The third-order valence-electron chi connectivity index (χ3n) is 4.10. The Hall–Kier alpha value is -2.45. The largest absolute Gasteiger partial charge is 0.494 e. The molecule has 2 aromatic rings. The maximum absolute atomic E-state index is 12.6. The molecule has 0 aromatic heterocycles. The summed E-state index contributed by atoms with van der Waals surface area (Å²) in [5, 5.41) is 0.104. The first kappa shape index (κ1) is 22.8. The summed E-state index contributed by atoms with van der Waals surface area (Å²) < 4.78 is 38.5. The van der Waals surface area contributed by atoms with Crippen LogP contribution in [0, 0.1) is 0 Å². The van der Waals surface area contributed by atoms with Crippen molar-refractivity contribution in [1.29, 1.82) is 0 Å². The van der Waals surface area contributed by atoms with E-state index in [9.17, 15) is 13.2 Å². The number of nitrogens with one attached hydrogen (secondary N) is 1. The highest BCUT2D eigenvalue weighted by Gasteiger charge is 2.17. The number of likely N-dealkylation sites (N-methyl/N-ethyl adjacent to an activating group) is 1. The van der Waals surface area contributed by atoms with Crippen LogP contribution in [0.3, 0.4) is 0 Å². The molecule has 29 heavy (non-hydrogen) atoms. The lowest BCUT2D eigenvalue weighted by Crippen LogP contribution is -2.34. The van der Waals surface area contributed by atoms with E-state index in [1.165, 1.54) is 18.2 Å². The summed E-state index contributed by atoms with van der Waals surface area (Å²) in [6.45, 7) is 7.15. The highest BCUT2D eigenvalue weighted by atomic mass is 35.5.